The van der Waals surface area contributed by atoms with Crippen LogP contribution in [0.5, 0.6) is 0 Å². The fraction of sp³-hybridized carbons (Fsp3) is 0.556. The lowest BCUT2D eigenvalue weighted by Crippen LogP contribution is -2.51. The number of carbonyl (C=O) groups is 2. The van der Waals surface area contributed by atoms with Gasteiger partial charge in [0.25, 0.3) is 5.91 Å². The Morgan fingerprint density at radius 3 is 2.11 bits per heavy atom. The molecule has 0 atom stereocenters. The summed E-state index contributed by atoms with van der Waals surface area (Å²) in [5.74, 6) is -3.26. The van der Waals surface area contributed by atoms with Crippen LogP contribution >= 0.6 is 0 Å². The lowest BCUT2D eigenvalue weighted by Gasteiger charge is -2.34. The molecule has 0 spiro atoms. The smallest absolute Gasteiger partial charge is 0.306 e. The maximum absolute atomic E-state index is 13.8. The topological polar surface area (TPSA) is 84.0 Å². The van der Waals surface area contributed by atoms with E-state index in [0.717, 1.165) is 22.5 Å². The van der Waals surface area contributed by atoms with E-state index in [9.17, 15) is 26.8 Å². The van der Waals surface area contributed by atoms with Gasteiger partial charge in [0.1, 0.15) is 11.6 Å². The molecule has 1 heterocycles. The number of sulfonamides is 1. The maximum atomic E-state index is 13.8. The van der Waals surface area contributed by atoms with Gasteiger partial charge in [-0.2, -0.15) is 4.31 Å². The molecule has 1 amide bonds. The molecule has 1 fully saturated rings. The van der Waals surface area contributed by atoms with Crippen LogP contribution in [-0.2, 0) is 24.3 Å². The van der Waals surface area contributed by atoms with Crippen LogP contribution in [0.2, 0.25) is 0 Å². The number of benzene rings is 1. The molecule has 7 nitrogen and oxygen atoms in total. The largest absolute Gasteiger partial charge is 0.456 e. The first kappa shape index (κ1) is 22.2. The molecule has 0 bridgehead atoms. The van der Waals surface area contributed by atoms with Crippen LogP contribution in [0, 0.1) is 17.0 Å². The first-order valence-electron chi connectivity index (χ1n) is 8.79. The average molecular weight is 418 g/mol. The molecule has 1 aliphatic rings. The molecule has 2 rings (SSSR count). The third-order valence-electron chi connectivity index (χ3n) is 4.14. The monoisotopic (exact) mass is 418 g/mol. The minimum Gasteiger partial charge on any atom is -0.456 e. The van der Waals surface area contributed by atoms with E-state index in [-0.39, 0.29) is 38.0 Å². The lowest BCUT2D eigenvalue weighted by atomic mass is 9.92. The number of amides is 1. The van der Waals surface area contributed by atoms with Crippen molar-refractivity contribution in [2.24, 2.45) is 5.41 Å². The quantitative estimate of drug-likeness (QED) is 0.681. The van der Waals surface area contributed by atoms with Gasteiger partial charge in [0.2, 0.25) is 10.0 Å². The first-order chi connectivity index (χ1) is 12.9. The van der Waals surface area contributed by atoms with Crippen molar-refractivity contribution in [3.8, 4) is 0 Å². The summed E-state index contributed by atoms with van der Waals surface area (Å²) in [6, 6.07) is 2.84. The number of rotatable bonds is 5. The lowest BCUT2D eigenvalue weighted by molar-refractivity contribution is -0.154. The van der Waals surface area contributed by atoms with E-state index in [1.54, 1.807) is 0 Å². The highest BCUT2D eigenvalue weighted by Gasteiger charge is 2.34. The second kappa shape index (κ2) is 8.52. The standard InChI is InChI=1S/C18H24F2N2O5S/c1-18(2,3)11-16(24)27-12-15(23)21-7-9-22(10-8-21)28(25,26)17-13(19)5-4-6-14(17)20/h4-6H,7-12H2,1-3H3. The van der Waals surface area contributed by atoms with E-state index < -0.39 is 45.0 Å². The van der Waals surface area contributed by atoms with E-state index in [1.807, 2.05) is 20.8 Å². The molecule has 0 saturated carbocycles. The summed E-state index contributed by atoms with van der Waals surface area (Å²) in [6.45, 7) is 5.02. The second-order valence-corrected chi connectivity index (χ2v) is 9.61. The Morgan fingerprint density at radius 1 is 1.07 bits per heavy atom. The highest BCUT2D eigenvalue weighted by molar-refractivity contribution is 7.89. The highest BCUT2D eigenvalue weighted by atomic mass is 32.2. The second-order valence-electron chi connectivity index (χ2n) is 7.73. The van der Waals surface area contributed by atoms with Gasteiger partial charge in [0, 0.05) is 26.2 Å². The predicted molar refractivity (Wildman–Crippen MR) is 96.7 cm³/mol. The molecule has 28 heavy (non-hydrogen) atoms. The van der Waals surface area contributed by atoms with Crippen LogP contribution in [0.25, 0.3) is 0 Å². The van der Waals surface area contributed by atoms with Crippen molar-refractivity contribution in [3.05, 3.63) is 29.8 Å². The Kier molecular flexibility index (Phi) is 6.76. The van der Waals surface area contributed by atoms with Gasteiger partial charge < -0.3 is 9.64 Å². The molecular formula is C18H24F2N2O5S. The van der Waals surface area contributed by atoms with Gasteiger partial charge in [0.15, 0.2) is 11.5 Å². The summed E-state index contributed by atoms with van der Waals surface area (Å²) in [6.07, 6.45) is 0.167. The third-order valence-corrected chi connectivity index (χ3v) is 6.09. The Bertz CT molecular complexity index is 824. The fourth-order valence-corrected chi connectivity index (χ4v) is 4.28. The Hall–Kier alpha value is -2.07. The number of hydrogen-bond donors (Lipinski definition) is 0. The molecule has 0 aliphatic carbocycles. The van der Waals surface area contributed by atoms with E-state index in [2.05, 4.69) is 0 Å². The van der Waals surface area contributed by atoms with Crippen molar-refractivity contribution < 1.29 is 31.5 Å². The zero-order chi connectivity index (χ0) is 21.1. The minimum absolute atomic E-state index is 0.0327. The van der Waals surface area contributed by atoms with Crippen LogP contribution < -0.4 is 0 Å². The van der Waals surface area contributed by atoms with Gasteiger partial charge in [0.05, 0.1) is 6.42 Å². The summed E-state index contributed by atoms with van der Waals surface area (Å²) < 4.78 is 58.6. The number of halogens is 2. The zero-order valence-electron chi connectivity index (χ0n) is 16.1. The highest BCUT2D eigenvalue weighted by Crippen LogP contribution is 2.23. The number of carbonyl (C=O) groups excluding carboxylic acids is 2. The third kappa shape index (κ3) is 5.48. The van der Waals surface area contributed by atoms with Gasteiger partial charge >= 0.3 is 5.97 Å². The molecule has 156 valence electrons. The molecular weight excluding hydrogens is 394 g/mol. The summed E-state index contributed by atoms with van der Waals surface area (Å²) in [5.41, 5.74) is -0.262. The van der Waals surface area contributed by atoms with E-state index in [4.69, 9.17) is 4.74 Å². The summed E-state index contributed by atoms with van der Waals surface area (Å²) >= 11 is 0. The first-order valence-corrected chi connectivity index (χ1v) is 10.2. The molecule has 0 radical (unpaired) electrons. The van der Waals surface area contributed by atoms with E-state index >= 15 is 0 Å². The van der Waals surface area contributed by atoms with Gasteiger partial charge in [-0.25, -0.2) is 17.2 Å². The van der Waals surface area contributed by atoms with Crippen molar-refractivity contribution >= 4 is 21.9 Å². The zero-order valence-corrected chi connectivity index (χ0v) is 16.9. The number of nitrogens with zero attached hydrogens (tertiary/aromatic N) is 2. The van der Waals surface area contributed by atoms with Crippen molar-refractivity contribution in [2.75, 3.05) is 32.8 Å². The molecule has 1 aromatic rings. The predicted octanol–water partition coefficient (Wildman–Crippen LogP) is 1.78. The number of esters is 1. The van der Waals surface area contributed by atoms with Crippen LogP contribution in [0.3, 0.4) is 0 Å². The summed E-state index contributed by atoms with van der Waals surface area (Å²) in [7, 11) is -4.36. The van der Waals surface area contributed by atoms with Crippen molar-refractivity contribution in [1.82, 2.24) is 9.21 Å². The van der Waals surface area contributed by atoms with Crippen molar-refractivity contribution in [2.45, 2.75) is 32.1 Å². The number of piperazine rings is 1. The Morgan fingerprint density at radius 2 is 1.61 bits per heavy atom. The van der Waals surface area contributed by atoms with Gasteiger partial charge in [-0.05, 0) is 17.5 Å². The minimum atomic E-state index is -4.36. The van der Waals surface area contributed by atoms with Crippen LogP contribution in [0.4, 0.5) is 8.78 Å². The van der Waals surface area contributed by atoms with Crippen LogP contribution in [0.15, 0.2) is 23.1 Å². The van der Waals surface area contributed by atoms with E-state index in [0.29, 0.717) is 0 Å². The molecule has 0 unspecified atom stereocenters. The van der Waals surface area contributed by atoms with Gasteiger partial charge in [-0.15, -0.1) is 0 Å². The molecule has 1 aliphatic heterocycles. The SMILES string of the molecule is CC(C)(C)CC(=O)OCC(=O)N1CCN(S(=O)(=O)c2c(F)cccc2F)CC1. The van der Waals surface area contributed by atoms with Gasteiger partial charge in [-0.3, -0.25) is 9.59 Å². The molecule has 0 aromatic heterocycles. The van der Waals surface area contributed by atoms with Crippen molar-refractivity contribution in [3.63, 3.8) is 0 Å². The Labute approximate surface area is 163 Å². The maximum Gasteiger partial charge on any atom is 0.306 e. The number of ether oxygens (including phenoxy) is 1. The average Bonchev–Trinajstić information content (AvgIpc) is 2.58. The fourth-order valence-electron chi connectivity index (χ4n) is 2.75. The number of hydrogen-bond acceptors (Lipinski definition) is 5. The molecule has 10 heteroatoms. The summed E-state index contributed by atoms with van der Waals surface area (Å²) in [5, 5.41) is 0. The molecule has 1 aromatic carbocycles. The van der Waals surface area contributed by atoms with Crippen molar-refractivity contribution in [1.29, 1.82) is 0 Å². The van der Waals surface area contributed by atoms with Crippen LogP contribution in [-0.4, -0.2) is 62.3 Å². The van der Waals surface area contributed by atoms with Crippen LogP contribution in [0.1, 0.15) is 27.2 Å². The summed E-state index contributed by atoms with van der Waals surface area (Å²) in [4.78, 5) is 24.2. The van der Waals surface area contributed by atoms with Gasteiger partial charge in [-0.1, -0.05) is 26.8 Å². The van der Waals surface area contributed by atoms with E-state index in [1.165, 1.54) is 4.90 Å². The normalized spacial score (nSPS) is 16.1. The Balaban J connectivity index is 1.93. The molecule has 1 saturated heterocycles. The molecule has 0 N–H and O–H groups in total.